The van der Waals surface area contributed by atoms with Gasteiger partial charge in [0.25, 0.3) is 0 Å². The third kappa shape index (κ3) is 2.99. The second-order valence-corrected chi connectivity index (χ2v) is 6.14. The summed E-state index contributed by atoms with van der Waals surface area (Å²) in [5.74, 6) is 2.08. The largest absolute Gasteiger partial charge is 0.465 e. The number of furan rings is 1. The van der Waals surface area contributed by atoms with Gasteiger partial charge in [0.15, 0.2) is 0 Å². The van der Waals surface area contributed by atoms with Gasteiger partial charge in [0, 0.05) is 19.5 Å². The number of morpholine rings is 1. The molecule has 2 aliphatic heterocycles. The Balaban J connectivity index is 1.56. The molecule has 0 unspecified atom stereocenters. The fourth-order valence-corrected chi connectivity index (χ4v) is 3.33. The highest BCUT2D eigenvalue weighted by atomic mass is 16.5. The number of rotatable bonds is 3. The monoisotopic (exact) mass is 292 g/mol. The molecular formula is C16H24N2O3. The number of nitrogens with one attached hydrogen (secondary N) is 1. The summed E-state index contributed by atoms with van der Waals surface area (Å²) in [6, 6.07) is 4.22. The number of nitrogens with zero attached hydrogens (tertiary/aromatic N) is 1. The van der Waals surface area contributed by atoms with Gasteiger partial charge in [-0.05, 0) is 31.9 Å². The van der Waals surface area contributed by atoms with Crippen LogP contribution in [0.4, 0.5) is 0 Å². The molecule has 5 nitrogen and oxygen atoms in total. The van der Waals surface area contributed by atoms with Crippen molar-refractivity contribution in [3.8, 4) is 0 Å². The molecule has 2 aliphatic rings. The van der Waals surface area contributed by atoms with Gasteiger partial charge in [-0.25, -0.2) is 0 Å². The van der Waals surface area contributed by atoms with Crippen molar-refractivity contribution in [2.24, 2.45) is 0 Å². The van der Waals surface area contributed by atoms with Gasteiger partial charge in [-0.3, -0.25) is 9.69 Å². The number of hydrogen-bond donors (Lipinski definition) is 1. The van der Waals surface area contributed by atoms with Crippen molar-refractivity contribution in [2.75, 3.05) is 19.7 Å². The molecule has 2 saturated heterocycles. The Morgan fingerprint density at radius 3 is 2.67 bits per heavy atom. The molecule has 3 rings (SSSR count). The minimum atomic E-state index is -0.178. The number of ether oxygens (including phenoxy) is 1. The third-order valence-electron chi connectivity index (χ3n) is 4.80. The van der Waals surface area contributed by atoms with Gasteiger partial charge in [0.05, 0.1) is 18.2 Å². The molecule has 3 heterocycles. The van der Waals surface area contributed by atoms with Crippen molar-refractivity contribution in [3.63, 3.8) is 0 Å². The number of carbonyl (C=O) groups is 1. The zero-order valence-electron chi connectivity index (χ0n) is 12.9. The van der Waals surface area contributed by atoms with E-state index in [0.717, 1.165) is 50.4 Å². The summed E-state index contributed by atoms with van der Waals surface area (Å²) in [6.45, 7) is 7.15. The van der Waals surface area contributed by atoms with Crippen LogP contribution in [0.5, 0.6) is 0 Å². The lowest BCUT2D eigenvalue weighted by atomic mass is 9.83. The Hall–Kier alpha value is -1.33. The number of amides is 1. The second kappa shape index (κ2) is 5.81. The Morgan fingerprint density at radius 1 is 1.33 bits per heavy atom. The molecule has 1 N–H and O–H groups in total. The minimum Gasteiger partial charge on any atom is -0.465 e. The first kappa shape index (κ1) is 14.6. The number of piperidine rings is 1. The van der Waals surface area contributed by atoms with E-state index in [0.29, 0.717) is 0 Å². The maximum Gasteiger partial charge on any atom is 0.246 e. The summed E-state index contributed by atoms with van der Waals surface area (Å²) in [5, 5.41) is 3.01. The number of aryl methyl sites for hydroxylation is 1. The van der Waals surface area contributed by atoms with Crippen LogP contribution in [-0.2, 0) is 22.5 Å². The summed E-state index contributed by atoms with van der Waals surface area (Å²) in [5.41, 5.74) is -0.178. The maximum absolute atomic E-state index is 11.4. The Labute approximate surface area is 125 Å². The highest BCUT2D eigenvalue weighted by Gasteiger charge is 2.44. The molecule has 1 aromatic heterocycles. The van der Waals surface area contributed by atoms with Gasteiger partial charge in [0.1, 0.15) is 18.1 Å². The van der Waals surface area contributed by atoms with Gasteiger partial charge >= 0.3 is 0 Å². The van der Waals surface area contributed by atoms with Crippen LogP contribution in [0.2, 0.25) is 0 Å². The quantitative estimate of drug-likeness (QED) is 0.921. The molecule has 1 amide bonds. The molecule has 1 spiro atoms. The molecule has 0 saturated carbocycles. The van der Waals surface area contributed by atoms with Crippen LogP contribution in [0.1, 0.15) is 38.2 Å². The first-order chi connectivity index (χ1) is 10.1. The number of hydrogen-bond acceptors (Lipinski definition) is 4. The van der Waals surface area contributed by atoms with Crippen LogP contribution in [0.3, 0.4) is 0 Å². The number of likely N-dealkylation sites (tertiary alicyclic amines) is 1. The van der Waals surface area contributed by atoms with Gasteiger partial charge in [0.2, 0.25) is 5.91 Å². The zero-order valence-corrected chi connectivity index (χ0v) is 12.9. The van der Waals surface area contributed by atoms with Crippen molar-refractivity contribution in [1.82, 2.24) is 10.2 Å². The van der Waals surface area contributed by atoms with Gasteiger partial charge < -0.3 is 14.5 Å². The SMILES string of the molecule is CCc1ccc(CN2CCC3(CC2)OCC(=O)N[C@H]3C)o1. The van der Waals surface area contributed by atoms with Gasteiger partial charge in [-0.1, -0.05) is 6.92 Å². The zero-order chi connectivity index (χ0) is 14.9. The highest BCUT2D eigenvalue weighted by molar-refractivity contribution is 5.78. The van der Waals surface area contributed by atoms with Crippen LogP contribution in [-0.4, -0.2) is 42.1 Å². The van der Waals surface area contributed by atoms with Gasteiger partial charge in [-0.15, -0.1) is 0 Å². The van der Waals surface area contributed by atoms with E-state index in [2.05, 4.69) is 29.3 Å². The van der Waals surface area contributed by atoms with Crippen molar-refractivity contribution in [3.05, 3.63) is 23.7 Å². The normalized spacial score (nSPS) is 26.0. The topological polar surface area (TPSA) is 54.7 Å². The van der Waals surface area contributed by atoms with Crippen molar-refractivity contribution >= 4 is 5.91 Å². The van der Waals surface area contributed by atoms with E-state index < -0.39 is 0 Å². The fraction of sp³-hybridized carbons (Fsp3) is 0.688. The highest BCUT2D eigenvalue weighted by Crippen LogP contribution is 2.32. The summed E-state index contributed by atoms with van der Waals surface area (Å²) in [7, 11) is 0. The Bertz CT molecular complexity index is 503. The second-order valence-electron chi connectivity index (χ2n) is 6.14. The number of carbonyl (C=O) groups excluding carboxylic acids is 1. The average molecular weight is 292 g/mol. The van der Waals surface area contributed by atoms with E-state index in [9.17, 15) is 4.79 Å². The molecule has 0 aromatic carbocycles. The molecule has 1 aromatic rings. The molecule has 1 atom stereocenters. The van der Waals surface area contributed by atoms with Crippen LogP contribution >= 0.6 is 0 Å². The van der Waals surface area contributed by atoms with Crippen LogP contribution < -0.4 is 5.32 Å². The average Bonchev–Trinajstić information content (AvgIpc) is 2.93. The summed E-state index contributed by atoms with van der Waals surface area (Å²) in [4.78, 5) is 13.8. The summed E-state index contributed by atoms with van der Waals surface area (Å²) >= 11 is 0. The minimum absolute atomic E-state index is 0.00163. The van der Waals surface area contributed by atoms with Crippen LogP contribution in [0.25, 0.3) is 0 Å². The van der Waals surface area contributed by atoms with E-state index in [1.54, 1.807) is 0 Å². The Morgan fingerprint density at radius 2 is 2.05 bits per heavy atom. The molecule has 2 fully saturated rings. The lowest BCUT2D eigenvalue weighted by Gasteiger charge is -2.47. The van der Waals surface area contributed by atoms with E-state index in [4.69, 9.17) is 9.15 Å². The molecule has 21 heavy (non-hydrogen) atoms. The summed E-state index contributed by atoms with van der Waals surface area (Å²) in [6.07, 6.45) is 2.85. The molecular weight excluding hydrogens is 268 g/mol. The first-order valence-corrected chi connectivity index (χ1v) is 7.84. The van der Waals surface area contributed by atoms with E-state index >= 15 is 0 Å². The summed E-state index contributed by atoms with van der Waals surface area (Å²) < 4.78 is 11.7. The predicted octanol–water partition coefficient (Wildman–Crippen LogP) is 1.71. The standard InChI is InChI=1S/C16H24N2O3/c1-3-13-4-5-14(21-13)10-18-8-6-16(7-9-18)12(2)17-15(19)11-20-16/h4-5,12H,3,6-11H2,1-2H3,(H,17,19)/t12-/m0/s1. The van der Waals surface area contributed by atoms with Crippen molar-refractivity contribution in [2.45, 2.75) is 51.3 Å². The van der Waals surface area contributed by atoms with Crippen LogP contribution in [0.15, 0.2) is 16.5 Å². The molecule has 0 bridgehead atoms. The fourth-order valence-electron chi connectivity index (χ4n) is 3.33. The van der Waals surface area contributed by atoms with Gasteiger partial charge in [-0.2, -0.15) is 0 Å². The lowest BCUT2D eigenvalue weighted by molar-refractivity contribution is -0.159. The van der Waals surface area contributed by atoms with E-state index in [1.807, 2.05) is 6.92 Å². The smallest absolute Gasteiger partial charge is 0.246 e. The molecule has 5 heteroatoms. The molecule has 0 aliphatic carbocycles. The lowest BCUT2D eigenvalue weighted by Crippen LogP contribution is -2.62. The molecule has 0 radical (unpaired) electrons. The molecule has 116 valence electrons. The van der Waals surface area contributed by atoms with E-state index in [-0.39, 0.29) is 24.2 Å². The van der Waals surface area contributed by atoms with Crippen LogP contribution in [0, 0.1) is 0 Å². The maximum atomic E-state index is 11.4. The Kier molecular flexibility index (Phi) is 4.04. The first-order valence-electron chi connectivity index (χ1n) is 7.84. The van der Waals surface area contributed by atoms with E-state index in [1.165, 1.54) is 0 Å². The van der Waals surface area contributed by atoms with Crippen molar-refractivity contribution < 1.29 is 13.9 Å². The third-order valence-corrected chi connectivity index (χ3v) is 4.80. The van der Waals surface area contributed by atoms with Crippen molar-refractivity contribution in [1.29, 1.82) is 0 Å². The predicted molar refractivity (Wildman–Crippen MR) is 78.9 cm³/mol.